The number of fused-ring (bicyclic) bond motifs is 3. The van der Waals surface area contributed by atoms with Crippen molar-refractivity contribution in [1.82, 2.24) is 14.9 Å². The summed E-state index contributed by atoms with van der Waals surface area (Å²) in [4.78, 5) is 25.6. The monoisotopic (exact) mass is 449 g/mol. The van der Waals surface area contributed by atoms with Gasteiger partial charge in [0.05, 0.1) is 30.4 Å². The van der Waals surface area contributed by atoms with Crippen LogP contribution in [0.3, 0.4) is 0 Å². The maximum Gasteiger partial charge on any atom is 0.323 e. The predicted octanol–water partition coefficient (Wildman–Crippen LogP) is 3.74. The fourth-order valence-electron chi connectivity index (χ4n) is 4.02. The van der Waals surface area contributed by atoms with Gasteiger partial charge in [0.25, 0.3) is 0 Å². The molecule has 0 aliphatic carbocycles. The minimum atomic E-state index is -0.550. The third-order valence-corrected chi connectivity index (χ3v) is 5.84. The number of para-hydroxylation sites is 1. The number of aromatic nitrogens is 2. The number of carbonyl (C=O) groups is 1. The summed E-state index contributed by atoms with van der Waals surface area (Å²) < 4.78 is 20.0. The normalized spacial score (nSPS) is 15.6. The minimum Gasteiger partial charge on any atom is -0.494 e. The average Bonchev–Trinajstić information content (AvgIpc) is 2.96. The number of piperazine rings is 1. The maximum atomic E-state index is 14.4. The van der Waals surface area contributed by atoms with Crippen LogP contribution in [0.4, 0.5) is 37.9 Å². The highest BCUT2D eigenvalue weighted by atomic mass is 19.1. The molecule has 1 saturated heterocycles. The number of anilines is 5. The minimum absolute atomic E-state index is 0.0764. The Kier molecular flexibility index (Phi) is 5.43. The number of amides is 2. The van der Waals surface area contributed by atoms with Crippen molar-refractivity contribution in [2.45, 2.75) is 0 Å². The number of benzene rings is 2. The van der Waals surface area contributed by atoms with Crippen molar-refractivity contribution in [3.8, 4) is 17.0 Å². The Morgan fingerprint density at radius 3 is 2.73 bits per heavy atom. The second-order valence-electron chi connectivity index (χ2n) is 8.00. The van der Waals surface area contributed by atoms with E-state index in [9.17, 15) is 9.18 Å². The SMILES string of the molecule is COc1cc(N2CCN(C)CC2)ccc1Nc1ncc2c(n1)-c1cccc(F)c1NC(=O)N2. The van der Waals surface area contributed by atoms with Crippen molar-refractivity contribution in [3.05, 3.63) is 48.4 Å². The van der Waals surface area contributed by atoms with E-state index in [1.807, 2.05) is 18.2 Å². The summed E-state index contributed by atoms with van der Waals surface area (Å²) in [5, 5.41) is 8.37. The first-order chi connectivity index (χ1) is 16.0. The average molecular weight is 449 g/mol. The molecule has 1 fully saturated rings. The first-order valence-corrected chi connectivity index (χ1v) is 10.6. The molecule has 10 heteroatoms. The lowest BCUT2D eigenvalue weighted by Crippen LogP contribution is -2.44. The first-order valence-electron chi connectivity index (χ1n) is 10.6. The fraction of sp³-hybridized carbons (Fsp3) is 0.261. The molecule has 9 nitrogen and oxygen atoms in total. The molecule has 33 heavy (non-hydrogen) atoms. The number of hydrogen-bond acceptors (Lipinski definition) is 7. The van der Waals surface area contributed by atoms with E-state index in [0.717, 1.165) is 31.9 Å². The molecule has 0 spiro atoms. The molecular formula is C23H24FN7O2. The van der Waals surface area contributed by atoms with Gasteiger partial charge in [-0.2, -0.15) is 0 Å². The smallest absolute Gasteiger partial charge is 0.323 e. The summed E-state index contributed by atoms with van der Waals surface area (Å²) in [5.41, 5.74) is 3.13. The van der Waals surface area contributed by atoms with Crippen molar-refractivity contribution < 1.29 is 13.9 Å². The third kappa shape index (κ3) is 4.12. The highest BCUT2D eigenvalue weighted by Gasteiger charge is 2.23. The lowest BCUT2D eigenvalue weighted by atomic mass is 10.1. The van der Waals surface area contributed by atoms with Crippen LogP contribution in [0, 0.1) is 5.82 Å². The number of hydrogen-bond donors (Lipinski definition) is 3. The number of methoxy groups -OCH3 is 1. The van der Waals surface area contributed by atoms with E-state index in [-0.39, 0.29) is 5.69 Å². The van der Waals surface area contributed by atoms with Crippen LogP contribution in [0.15, 0.2) is 42.6 Å². The Balaban J connectivity index is 1.46. The number of urea groups is 1. The molecule has 2 aliphatic heterocycles. The number of ether oxygens (including phenoxy) is 1. The molecule has 0 bridgehead atoms. The third-order valence-electron chi connectivity index (χ3n) is 5.84. The summed E-state index contributed by atoms with van der Waals surface area (Å²) in [6.07, 6.45) is 1.50. The van der Waals surface area contributed by atoms with Crippen molar-refractivity contribution in [1.29, 1.82) is 0 Å². The van der Waals surface area contributed by atoms with Gasteiger partial charge in [0.1, 0.15) is 17.3 Å². The number of nitrogens with one attached hydrogen (secondary N) is 3. The Morgan fingerprint density at radius 1 is 1.12 bits per heavy atom. The molecule has 2 aromatic carbocycles. The van der Waals surface area contributed by atoms with Crippen molar-refractivity contribution >= 4 is 34.7 Å². The van der Waals surface area contributed by atoms with Crippen LogP contribution in [0.25, 0.3) is 11.3 Å². The Labute approximate surface area is 190 Å². The number of likely N-dealkylation sites (N-methyl/N-ethyl adjacent to an activating group) is 1. The topological polar surface area (TPSA) is 94.7 Å². The van der Waals surface area contributed by atoms with Gasteiger partial charge >= 0.3 is 6.03 Å². The van der Waals surface area contributed by atoms with E-state index < -0.39 is 11.8 Å². The summed E-state index contributed by atoms with van der Waals surface area (Å²) in [6.45, 7) is 3.93. The Hall–Kier alpha value is -3.92. The van der Waals surface area contributed by atoms with Crippen molar-refractivity contribution in [3.63, 3.8) is 0 Å². The van der Waals surface area contributed by atoms with E-state index in [0.29, 0.717) is 34.3 Å². The van der Waals surface area contributed by atoms with Gasteiger partial charge in [0.15, 0.2) is 0 Å². The lowest BCUT2D eigenvalue weighted by molar-refractivity contribution is 0.262. The molecule has 170 valence electrons. The number of rotatable bonds is 4. The zero-order valence-corrected chi connectivity index (χ0v) is 18.4. The summed E-state index contributed by atoms with van der Waals surface area (Å²) in [7, 11) is 3.74. The number of halogens is 1. The van der Waals surface area contributed by atoms with Crippen LogP contribution in [0.5, 0.6) is 5.75 Å². The molecule has 2 amide bonds. The van der Waals surface area contributed by atoms with Gasteiger partial charge in [-0.15, -0.1) is 0 Å². The zero-order chi connectivity index (χ0) is 22.9. The van der Waals surface area contributed by atoms with Crippen LogP contribution < -0.4 is 25.6 Å². The van der Waals surface area contributed by atoms with Gasteiger partial charge in [-0.3, -0.25) is 0 Å². The van der Waals surface area contributed by atoms with E-state index >= 15 is 0 Å². The quantitative estimate of drug-likeness (QED) is 0.559. The number of carbonyl (C=O) groups excluding carboxylic acids is 1. The van der Waals surface area contributed by atoms with Gasteiger partial charge in [-0.05, 0) is 25.2 Å². The molecule has 2 aliphatic rings. The summed E-state index contributed by atoms with van der Waals surface area (Å²) >= 11 is 0. The standard InChI is InChI=1S/C23H24FN7O2/c1-30-8-10-31(11-9-30)14-6-7-17(19(12-14)33-2)26-22-25-13-18-21(28-22)15-4-3-5-16(24)20(15)29-23(32)27-18/h3-7,12-13H,8-11H2,1-2H3,(H,25,26,28)(H2,27,29,32). The van der Waals surface area contributed by atoms with Crippen LogP contribution >= 0.6 is 0 Å². The molecule has 3 heterocycles. The van der Waals surface area contributed by atoms with Gasteiger partial charge in [0, 0.05) is 43.5 Å². The predicted molar refractivity (Wildman–Crippen MR) is 126 cm³/mol. The van der Waals surface area contributed by atoms with Gasteiger partial charge in [0.2, 0.25) is 5.95 Å². The van der Waals surface area contributed by atoms with E-state index in [1.165, 1.54) is 12.3 Å². The lowest BCUT2D eigenvalue weighted by Gasteiger charge is -2.34. The molecule has 5 rings (SSSR count). The summed E-state index contributed by atoms with van der Waals surface area (Å²) in [6, 6.07) is 9.97. The second kappa shape index (κ2) is 8.55. The molecule has 1 aromatic heterocycles. The summed E-state index contributed by atoms with van der Waals surface area (Å²) in [5.74, 6) is 0.418. The van der Waals surface area contributed by atoms with Crippen molar-refractivity contribution in [2.75, 3.05) is 61.2 Å². The molecule has 3 N–H and O–H groups in total. The van der Waals surface area contributed by atoms with E-state index in [2.05, 4.69) is 42.8 Å². The molecule has 0 atom stereocenters. The highest BCUT2D eigenvalue weighted by molar-refractivity contribution is 6.07. The molecule has 0 radical (unpaired) electrons. The van der Waals surface area contributed by atoms with E-state index in [1.54, 1.807) is 19.2 Å². The Bertz CT molecular complexity index is 1210. The molecular weight excluding hydrogens is 425 g/mol. The molecule has 3 aromatic rings. The van der Waals surface area contributed by atoms with Crippen molar-refractivity contribution in [2.24, 2.45) is 0 Å². The van der Waals surface area contributed by atoms with Crippen LogP contribution in [-0.2, 0) is 0 Å². The van der Waals surface area contributed by atoms with Crippen LogP contribution in [0.1, 0.15) is 0 Å². The maximum absolute atomic E-state index is 14.4. The second-order valence-corrected chi connectivity index (χ2v) is 8.00. The number of nitrogens with zero attached hydrogens (tertiary/aromatic N) is 4. The Morgan fingerprint density at radius 2 is 1.94 bits per heavy atom. The molecule has 0 unspecified atom stereocenters. The van der Waals surface area contributed by atoms with Gasteiger partial charge in [-0.25, -0.2) is 19.2 Å². The molecule has 0 saturated carbocycles. The van der Waals surface area contributed by atoms with Crippen LogP contribution in [-0.4, -0.2) is 61.2 Å². The van der Waals surface area contributed by atoms with Gasteiger partial charge < -0.3 is 30.5 Å². The first kappa shape index (κ1) is 21.0. The highest BCUT2D eigenvalue weighted by Crippen LogP contribution is 2.37. The van der Waals surface area contributed by atoms with E-state index in [4.69, 9.17) is 4.74 Å². The largest absolute Gasteiger partial charge is 0.494 e. The van der Waals surface area contributed by atoms with Gasteiger partial charge in [-0.1, -0.05) is 12.1 Å². The van der Waals surface area contributed by atoms with Crippen LogP contribution in [0.2, 0.25) is 0 Å². The fourth-order valence-corrected chi connectivity index (χ4v) is 4.02. The zero-order valence-electron chi connectivity index (χ0n) is 18.4.